The Morgan fingerprint density at radius 2 is 0.638 bits per heavy atom. The number of unbranched alkanes of at least 4 members (excludes halogenated alkanes) is 40. The summed E-state index contributed by atoms with van der Waals surface area (Å²) in [6, 6.07) is -0.824. The summed E-state index contributed by atoms with van der Waals surface area (Å²) in [6.07, 6.45) is 80.4. The Labute approximate surface area is 430 Å². The van der Waals surface area contributed by atoms with E-state index in [2.05, 4.69) is 67.8 Å². The maximum absolute atomic E-state index is 12.6. The molecule has 0 bridgehead atoms. The molecule has 4 N–H and O–H groups in total. The van der Waals surface area contributed by atoms with Crippen LogP contribution in [0.15, 0.2) is 60.8 Å². The maximum atomic E-state index is 12.6. The first-order valence-corrected chi connectivity index (χ1v) is 30.6. The Bertz CT molecular complexity index is 1160. The predicted molar refractivity (Wildman–Crippen MR) is 305 cm³/mol. The smallest absolute Gasteiger partial charge is 0.249 e. The van der Waals surface area contributed by atoms with E-state index in [1.165, 1.54) is 244 Å². The van der Waals surface area contributed by atoms with Crippen LogP contribution in [-0.2, 0) is 4.79 Å². The van der Waals surface area contributed by atoms with E-state index in [4.69, 9.17) is 0 Å². The van der Waals surface area contributed by atoms with E-state index >= 15 is 0 Å². The fourth-order valence-electron chi connectivity index (χ4n) is 9.31. The molecule has 0 heterocycles. The van der Waals surface area contributed by atoms with E-state index in [-0.39, 0.29) is 6.61 Å². The first kappa shape index (κ1) is 67.0. The summed E-state index contributed by atoms with van der Waals surface area (Å²) in [5, 5.41) is 33.4. The van der Waals surface area contributed by atoms with Crippen molar-refractivity contribution in [1.82, 2.24) is 5.32 Å². The van der Waals surface area contributed by atoms with Crippen LogP contribution in [0.1, 0.15) is 316 Å². The largest absolute Gasteiger partial charge is 0.394 e. The number of rotatable bonds is 56. The zero-order valence-corrected chi connectivity index (χ0v) is 46.2. The van der Waals surface area contributed by atoms with Crippen LogP contribution in [-0.4, -0.2) is 46.1 Å². The highest BCUT2D eigenvalue weighted by Crippen LogP contribution is 2.17. The lowest BCUT2D eigenvalue weighted by molar-refractivity contribution is -0.131. The summed E-state index contributed by atoms with van der Waals surface area (Å²) in [4.78, 5) is 12.6. The van der Waals surface area contributed by atoms with Crippen LogP contribution >= 0.6 is 0 Å². The van der Waals surface area contributed by atoms with Gasteiger partial charge < -0.3 is 20.6 Å². The molecule has 0 saturated heterocycles. The molecule has 0 aromatic heterocycles. The number of nitrogens with one attached hydrogen (secondary N) is 1. The molecule has 3 unspecified atom stereocenters. The second-order valence-corrected chi connectivity index (χ2v) is 20.9. The third kappa shape index (κ3) is 53.7. The molecule has 404 valence electrons. The van der Waals surface area contributed by atoms with Crippen molar-refractivity contribution in [1.29, 1.82) is 0 Å². The van der Waals surface area contributed by atoms with Crippen LogP contribution in [0.25, 0.3) is 0 Å². The second kappa shape index (κ2) is 58.6. The summed E-state index contributed by atoms with van der Waals surface area (Å²) in [5.41, 5.74) is 0. The van der Waals surface area contributed by atoms with Crippen molar-refractivity contribution in [2.24, 2.45) is 0 Å². The van der Waals surface area contributed by atoms with Gasteiger partial charge in [0, 0.05) is 0 Å². The van der Waals surface area contributed by atoms with Crippen LogP contribution in [0.5, 0.6) is 0 Å². The second-order valence-electron chi connectivity index (χ2n) is 20.9. The number of hydrogen-bond acceptors (Lipinski definition) is 4. The molecule has 0 rings (SSSR count). The van der Waals surface area contributed by atoms with Crippen LogP contribution in [0.2, 0.25) is 0 Å². The molecule has 0 aliphatic heterocycles. The van der Waals surface area contributed by atoms with Crippen molar-refractivity contribution in [2.75, 3.05) is 6.61 Å². The van der Waals surface area contributed by atoms with Gasteiger partial charge in [-0.25, -0.2) is 0 Å². The normalized spacial score (nSPS) is 13.6. The van der Waals surface area contributed by atoms with E-state index in [1.54, 1.807) is 6.08 Å². The lowest BCUT2D eigenvalue weighted by atomic mass is 10.0. The van der Waals surface area contributed by atoms with Gasteiger partial charge in [-0.3, -0.25) is 4.79 Å². The molecule has 3 atom stereocenters. The van der Waals surface area contributed by atoms with E-state index in [9.17, 15) is 20.1 Å². The molecule has 0 spiro atoms. The van der Waals surface area contributed by atoms with Crippen molar-refractivity contribution in [3.63, 3.8) is 0 Å². The van der Waals surface area contributed by atoms with Gasteiger partial charge in [0.1, 0.15) is 6.10 Å². The fourth-order valence-corrected chi connectivity index (χ4v) is 9.31. The predicted octanol–water partition coefficient (Wildman–Crippen LogP) is 19.3. The minimum absolute atomic E-state index is 0.382. The number of amides is 1. The van der Waals surface area contributed by atoms with Gasteiger partial charge in [0.15, 0.2) is 0 Å². The lowest BCUT2D eigenvalue weighted by Crippen LogP contribution is -2.48. The highest BCUT2D eigenvalue weighted by atomic mass is 16.3. The summed E-state index contributed by atoms with van der Waals surface area (Å²) in [6.45, 7) is 4.19. The SMILES string of the molecule is CCCCCCCCCCCCC/C=C\C/C=C\CCCCCCCCCCCCCCCCCCC(O)C(=O)NC(CO)C(O)/C=C/CC/C=C/CC/C=C/CCCCCCCCCCCCC. The van der Waals surface area contributed by atoms with E-state index in [0.717, 1.165) is 51.4 Å². The zero-order chi connectivity index (χ0) is 50.0. The number of carbonyl (C=O) groups excluding carboxylic acids is 1. The topological polar surface area (TPSA) is 89.8 Å². The first-order valence-electron chi connectivity index (χ1n) is 30.6. The number of allylic oxidation sites excluding steroid dienone is 9. The molecule has 5 nitrogen and oxygen atoms in total. The van der Waals surface area contributed by atoms with Crippen molar-refractivity contribution in [3.05, 3.63) is 60.8 Å². The Morgan fingerprint density at radius 1 is 0.362 bits per heavy atom. The van der Waals surface area contributed by atoms with Crippen LogP contribution in [0.4, 0.5) is 0 Å². The molecule has 0 aliphatic carbocycles. The van der Waals surface area contributed by atoms with E-state index < -0.39 is 24.2 Å². The number of aliphatic hydroxyl groups is 3. The standard InChI is InChI=1S/C64H119NO4/c1-3-5-7-9-11-13-15-17-19-21-23-25-26-27-28-29-30-31-32-33-34-35-36-37-39-41-43-45-47-49-51-53-55-57-59-63(68)64(69)65-61(60-66)62(67)58-56-54-52-50-48-46-44-42-40-38-24-22-20-18-16-14-12-10-8-6-4-2/h26-27,29-30,40,42,48,50,56,58,61-63,66-68H,3-25,28,31-39,41,43-47,49,51-55,57,59-60H2,1-2H3,(H,65,69)/b27-26-,30-29-,42-40+,50-48+,58-56+. The highest BCUT2D eigenvalue weighted by molar-refractivity contribution is 5.80. The minimum Gasteiger partial charge on any atom is -0.394 e. The Balaban J connectivity index is 3.58. The Morgan fingerprint density at radius 3 is 0.971 bits per heavy atom. The molecule has 0 aromatic rings. The van der Waals surface area contributed by atoms with Crippen LogP contribution in [0.3, 0.4) is 0 Å². The third-order valence-electron chi connectivity index (χ3n) is 14.1. The van der Waals surface area contributed by atoms with Gasteiger partial charge in [0.2, 0.25) is 5.91 Å². The van der Waals surface area contributed by atoms with Crippen LogP contribution < -0.4 is 5.32 Å². The quantitative estimate of drug-likeness (QED) is 0.0361. The molecule has 0 fully saturated rings. The summed E-state index contributed by atoms with van der Waals surface area (Å²) in [5.74, 6) is -0.515. The van der Waals surface area contributed by atoms with Gasteiger partial charge in [-0.2, -0.15) is 0 Å². The summed E-state index contributed by atoms with van der Waals surface area (Å²) >= 11 is 0. The van der Waals surface area contributed by atoms with Crippen molar-refractivity contribution in [2.45, 2.75) is 334 Å². The molecule has 69 heavy (non-hydrogen) atoms. The van der Waals surface area contributed by atoms with Gasteiger partial charge in [0.25, 0.3) is 0 Å². The minimum atomic E-state index is -1.11. The Hall–Kier alpha value is -1.95. The van der Waals surface area contributed by atoms with E-state index in [0.29, 0.717) is 6.42 Å². The highest BCUT2D eigenvalue weighted by Gasteiger charge is 2.22. The molecule has 0 aliphatic rings. The molecule has 1 amide bonds. The monoisotopic (exact) mass is 966 g/mol. The first-order chi connectivity index (χ1) is 34.1. The molecule has 0 radical (unpaired) electrons. The number of aliphatic hydroxyl groups excluding tert-OH is 3. The Kier molecular flexibility index (Phi) is 57.0. The zero-order valence-electron chi connectivity index (χ0n) is 46.2. The van der Waals surface area contributed by atoms with Crippen molar-refractivity contribution >= 4 is 5.91 Å². The van der Waals surface area contributed by atoms with Crippen molar-refractivity contribution in [3.8, 4) is 0 Å². The summed E-state index contributed by atoms with van der Waals surface area (Å²) < 4.78 is 0. The maximum Gasteiger partial charge on any atom is 0.249 e. The number of carbonyl (C=O) groups is 1. The van der Waals surface area contributed by atoms with Crippen molar-refractivity contribution < 1.29 is 20.1 Å². The molecular formula is C64H119NO4. The van der Waals surface area contributed by atoms with Gasteiger partial charge in [-0.05, 0) is 77.0 Å². The average molecular weight is 967 g/mol. The third-order valence-corrected chi connectivity index (χ3v) is 14.1. The average Bonchev–Trinajstić information content (AvgIpc) is 3.35. The fraction of sp³-hybridized carbons (Fsp3) is 0.828. The van der Waals surface area contributed by atoms with Gasteiger partial charge in [-0.1, -0.05) is 299 Å². The molecular weight excluding hydrogens is 847 g/mol. The van der Waals surface area contributed by atoms with Gasteiger partial charge >= 0.3 is 0 Å². The number of hydrogen-bond donors (Lipinski definition) is 4. The summed E-state index contributed by atoms with van der Waals surface area (Å²) in [7, 11) is 0. The van der Waals surface area contributed by atoms with Crippen LogP contribution in [0, 0.1) is 0 Å². The van der Waals surface area contributed by atoms with E-state index in [1.807, 2.05) is 6.08 Å². The molecule has 5 heteroatoms. The lowest BCUT2D eigenvalue weighted by Gasteiger charge is -2.21. The van der Waals surface area contributed by atoms with Gasteiger partial charge in [0.05, 0.1) is 18.8 Å². The molecule has 0 aromatic carbocycles. The molecule has 0 saturated carbocycles. The van der Waals surface area contributed by atoms with Gasteiger partial charge in [-0.15, -0.1) is 0 Å².